The first kappa shape index (κ1) is 12.9. The van der Waals surface area contributed by atoms with Crippen LogP contribution in [0.15, 0.2) is 0 Å². The summed E-state index contributed by atoms with van der Waals surface area (Å²) in [6.07, 6.45) is 14.0. The highest BCUT2D eigenvalue weighted by Crippen LogP contribution is 2.36. The lowest BCUT2D eigenvalue weighted by atomic mass is 9.88. The summed E-state index contributed by atoms with van der Waals surface area (Å²) >= 11 is 0. The molecule has 0 aromatic rings. The van der Waals surface area contributed by atoms with Crippen molar-refractivity contribution >= 4 is 0 Å². The van der Waals surface area contributed by atoms with Crippen LogP contribution in [0.5, 0.6) is 0 Å². The van der Waals surface area contributed by atoms with E-state index in [2.05, 4.69) is 22.5 Å². The van der Waals surface area contributed by atoms with Crippen LogP contribution >= 0.6 is 0 Å². The van der Waals surface area contributed by atoms with E-state index in [1.54, 1.807) is 0 Å². The number of hydrogen-bond acceptors (Lipinski definition) is 3. The van der Waals surface area contributed by atoms with Crippen molar-refractivity contribution in [1.82, 2.24) is 15.6 Å². The molecule has 2 saturated heterocycles. The van der Waals surface area contributed by atoms with Gasteiger partial charge in [0.15, 0.2) is 0 Å². The third-order valence-corrected chi connectivity index (χ3v) is 5.22. The smallest absolute Gasteiger partial charge is 0.0480 e. The maximum atomic E-state index is 3.87. The molecule has 0 amide bonds. The fourth-order valence-corrected chi connectivity index (χ4v) is 4.15. The Labute approximate surface area is 112 Å². The summed E-state index contributed by atoms with van der Waals surface area (Å²) in [7, 11) is 0. The standard InChI is InChI=1S/C15H29N3/c1-15-11-7-5-6-10-14(15)17-12-8-3-2-4-9-13-18(17)16-15/h14,16H,2-13H2,1H3. The molecule has 1 N–H and O–H groups in total. The monoisotopic (exact) mass is 251 g/mol. The summed E-state index contributed by atoms with van der Waals surface area (Å²) in [5.74, 6) is 0. The fraction of sp³-hybridized carbons (Fsp3) is 1.00. The van der Waals surface area contributed by atoms with Crippen molar-refractivity contribution in [1.29, 1.82) is 0 Å². The highest BCUT2D eigenvalue weighted by molar-refractivity contribution is 5.00. The molecule has 2 heterocycles. The summed E-state index contributed by atoms with van der Waals surface area (Å²) in [6.45, 7) is 4.95. The van der Waals surface area contributed by atoms with Gasteiger partial charge in [-0.1, -0.05) is 38.5 Å². The van der Waals surface area contributed by atoms with E-state index in [1.165, 1.54) is 77.3 Å². The van der Waals surface area contributed by atoms with Gasteiger partial charge in [0.25, 0.3) is 0 Å². The van der Waals surface area contributed by atoms with Crippen LogP contribution in [0.2, 0.25) is 0 Å². The minimum Gasteiger partial charge on any atom is -0.234 e. The lowest BCUT2D eigenvalue weighted by molar-refractivity contribution is -0.0360. The molecule has 2 atom stereocenters. The first-order valence-corrected chi connectivity index (χ1v) is 8.11. The largest absolute Gasteiger partial charge is 0.234 e. The quantitative estimate of drug-likeness (QED) is 0.714. The number of nitrogens with zero attached hydrogens (tertiary/aromatic N) is 2. The Morgan fingerprint density at radius 1 is 0.889 bits per heavy atom. The lowest BCUT2D eigenvalue weighted by Crippen LogP contribution is -2.47. The van der Waals surface area contributed by atoms with Gasteiger partial charge in [0, 0.05) is 24.7 Å². The first-order valence-electron chi connectivity index (χ1n) is 8.11. The summed E-state index contributed by atoms with van der Waals surface area (Å²) in [5.41, 5.74) is 4.21. The van der Waals surface area contributed by atoms with Crippen molar-refractivity contribution in [2.45, 2.75) is 82.7 Å². The minimum atomic E-state index is 0.343. The molecule has 0 aromatic heterocycles. The van der Waals surface area contributed by atoms with Crippen LogP contribution in [0, 0.1) is 0 Å². The molecule has 1 saturated carbocycles. The molecule has 3 nitrogen and oxygen atoms in total. The van der Waals surface area contributed by atoms with Gasteiger partial charge >= 0.3 is 0 Å². The van der Waals surface area contributed by atoms with E-state index in [0.29, 0.717) is 5.54 Å². The Bertz CT molecular complexity index is 281. The second-order valence-electron chi connectivity index (χ2n) is 6.70. The van der Waals surface area contributed by atoms with Gasteiger partial charge in [0.1, 0.15) is 0 Å². The molecule has 1 aliphatic carbocycles. The van der Waals surface area contributed by atoms with Crippen molar-refractivity contribution in [3.63, 3.8) is 0 Å². The molecule has 0 bridgehead atoms. The number of nitrogens with one attached hydrogen (secondary N) is 1. The van der Waals surface area contributed by atoms with Crippen LogP contribution in [-0.2, 0) is 0 Å². The number of fused-ring (bicyclic) bond motifs is 3. The van der Waals surface area contributed by atoms with Gasteiger partial charge in [-0.2, -0.15) is 5.12 Å². The van der Waals surface area contributed by atoms with E-state index in [0.717, 1.165) is 6.04 Å². The molecular weight excluding hydrogens is 222 g/mol. The predicted molar refractivity (Wildman–Crippen MR) is 74.9 cm³/mol. The van der Waals surface area contributed by atoms with Crippen molar-refractivity contribution in [2.75, 3.05) is 13.1 Å². The summed E-state index contributed by atoms with van der Waals surface area (Å²) in [4.78, 5) is 0. The van der Waals surface area contributed by atoms with Crippen LogP contribution in [0.25, 0.3) is 0 Å². The molecule has 104 valence electrons. The highest BCUT2D eigenvalue weighted by atomic mass is 15.9. The second kappa shape index (κ2) is 5.48. The van der Waals surface area contributed by atoms with Crippen LogP contribution in [0.1, 0.15) is 71.1 Å². The average Bonchev–Trinajstić information content (AvgIpc) is 2.54. The van der Waals surface area contributed by atoms with Gasteiger partial charge in [0.2, 0.25) is 0 Å². The Morgan fingerprint density at radius 3 is 2.50 bits per heavy atom. The molecule has 0 spiro atoms. The summed E-state index contributed by atoms with van der Waals surface area (Å²) in [5, 5.41) is 5.18. The minimum absolute atomic E-state index is 0.343. The molecule has 0 aromatic carbocycles. The maximum Gasteiger partial charge on any atom is 0.0480 e. The fourth-order valence-electron chi connectivity index (χ4n) is 4.15. The number of hydrogen-bond donors (Lipinski definition) is 1. The van der Waals surface area contributed by atoms with Crippen LogP contribution in [-0.4, -0.2) is 34.8 Å². The van der Waals surface area contributed by atoms with Crippen molar-refractivity contribution in [3.05, 3.63) is 0 Å². The summed E-state index contributed by atoms with van der Waals surface area (Å²) in [6, 6.07) is 0.748. The van der Waals surface area contributed by atoms with Crippen LogP contribution in [0.3, 0.4) is 0 Å². The van der Waals surface area contributed by atoms with E-state index >= 15 is 0 Å². The normalized spacial score (nSPS) is 40.2. The predicted octanol–water partition coefficient (Wildman–Crippen LogP) is 3.08. The number of hydrazine groups is 2. The Balaban J connectivity index is 1.77. The molecule has 3 aliphatic rings. The molecule has 3 fully saturated rings. The lowest BCUT2D eigenvalue weighted by Gasteiger charge is -2.32. The van der Waals surface area contributed by atoms with Gasteiger partial charge in [-0.05, 0) is 32.6 Å². The topological polar surface area (TPSA) is 18.5 Å². The van der Waals surface area contributed by atoms with E-state index in [4.69, 9.17) is 0 Å². The van der Waals surface area contributed by atoms with Gasteiger partial charge in [-0.15, -0.1) is 0 Å². The molecule has 3 heteroatoms. The van der Waals surface area contributed by atoms with Crippen LogP contribution in [0.4, 0.5) is 0 Å². The highest BCUT2D eigenvalue weighted by Gasteiger charge is 2.47. The zero-order chi connectivity index (χ0) is 12.4. The van der Waals surface area contributed by atoms with Gasteiger partial charge in [-0.3, -0.25) is 0 Å². The maximum absolute atomic E-state index is 3.87. The van der Waals surface area contributed by atoms with Crippen molar-refractivity contribution < 1.29 is 0 Å². The molecule has 0 radical (unpaired) electrons. The Morgan fingerprint density at radius 2 is 1.61 bits per heavy atom. The van der Waals surface area contributed by atoms with Crippen molar-refractivity contribution in [2.24, 2.45) is 0 Å². The number of rotatable bonds is 0. The van der Waals surface area contributed by atoms with Gasteiger partial charge < -0.3 is 0 Å². The summed E-state index contributed by atoms with van der Waals surface area (Å²) < 4.78 is 0. The van der Waals surface area contributed by atoms with Gasteiger partial charge in [-0.25, -0.2) is 10.4 Å². The molecule has 2 aliphatic heterocycles. The van der Waals surface area contributed by atoms with E-state index in [1.807, 2.05) is 0 Å². The van der Waals surface area contributed by atoms with Crippen molar-refractivity contribution in [3.8, 4) is 0 Å². The Kier molecular flexibility index (Phi) is 3.92. The molecular formula is C15H29N3. The van der Waals surface area contributed by atoms with E-state index in [-0.39, 0.29) is 0 Å². The van der Waals surface area contributed by atoms with E-state index in [9.17, 15) is 0 Å². The first-order chi connectivity index (χ1) is 8.80. The van der Waals surface area contributed by atoms with Crippen LogP contribution < -0.4 is 5.43 Å². The third-order valence-electron chi connectivity index (χ3n) is 5.22. The molecule has 2 unspecified atom stereocenters. The molecule has 18 heavy (non-hydrogen) atoms. The zero-order valence-electron chi connectivity index (χ0n) is 12.0. The van der Waals surface area contributed by atoms with Gasteiger partial charge in [0.05, 0.1) is 0 Å². The SMILES string of the molecule is CC12CCCCCC1N1CCCCCCCN1N2. The van der Waals surface area contributed by atoms with E-state index < -0.39 is 0 Å². The Hall–Kier alpha value is -0.120. The second-order valence-corrected chi connectivity index (χ2v) is 6.70. The molecule has 3 rings (SSSR count). The zero-order valence-corrected chi connectivity index (χ0v) is 12.0. The average molecular weight is 251 g/mol. The third kappa shape index (κ3) is 2.45.